The van der Waals surface area contributed by atoms with Crippen molar-refractivity contribution in [3.63, 3.8) is 0 Å². The zero-order valence-electron chi connectivity index (χ0n) is 24.7. The van der Waals surface area contributed by atoms with Gasteiger partial charge in [0.25, 0.3) is 0 Å². The van der Waals surface area contributed by atoms with Crippen molar-refractivity contribution >= 4 is 23.9 Å². The van der Waals surface area contributed by atoms with Crippen LogP contribution in [0, 0.1) is 0 Å². The molecule has 0 amide bonds. The van der Waals surface area contributed by atoms with E-state index in [0.717, 1.165) is 24.3 Å². The van der Waals surface area contributed by atoms with Crippen LogP contribution in [0.4, 0.5) is 0 Å². The molecule has 0 bridgehead atoms. The van der Waals surface area contributed by atoms with E-state index in [1.54, 1.807) is 13.8 Å². The van der Waals surface area contributed by atoms with Gasteiger partial charge in [0.2, 0.25) is 23.5 Å². The Kier molecular flexibility index (Phi) is 12.7. The summed E-state index contributed by atoms with van der Waals surface area (Å²) in [5, 5.41) is 37.9. The van der Waals surface area contributed by atoms with Gasteiger partial charge in [0.1, 0.15) is 5.60 Å². The van der Waals surface area contributed by atoms with Crippen molar-refractivity contribution in [2.24, 2.45) is 0 Å². The molecule has 0 saturated heterocycles. The lowest BCUT2D eigenvalue weighted by Crippen LogP contribution is -2.33. The van der Waals surface area contributed by atoms with Crippen LogP contribution in [-0.2, 0) is 33.4 Å². The maximum atomic E-state index is 12.2. The lowest BCUT2D eigenvalue weighted by molar-refractivity contribution is -0.159. The van der Waals surface area contributed by atoms with Gasteiger partial charge < -0.3 is 44.3 Å². The molecule has 0 radical (unpaired) electrons. The van der Waals surface area contributed by atoms with E-state index in [9.17, 15) is 39.6 Å². The monoisotopic (exact) mass is 612 g/mol. The van der Waals surface area contributed by atoms with E-state index in [1.165, 1.54) is 0 Å². The van der Waals surface area contributed by atoms with Crippen LogP contribution >= 0.6 is 0 Å². The number of aromatic hydroxyl groups is 4. The molecular weight excluding hydrogens is 572 g/mol. The fraction of sp³-hybridized carbons (Fsp3) is 0.571. The summed E-state index contributed by atoms with van der Waals surface area (Å²) in [7, 11) is 0. The quantitative estimate of drug-likeness (QED) is 0.179. The van der Waals surface area contributed by atoms with Crippen molar-refractivity contribution in [2.75, 3.05) is 13.2 Å². The van der Waals surface area contributed by atoms with E-state index in [2.05, 4.69) is 0 Å². The highest BCUT2D eigenvalue weighted by Gasteiger charge is 2.26. The van der Waals surface area contributed by atoms with Crippen molar-refractivity contribution in [3.05, 3.63) is 24.3 Å². The summed E-state index contributed by atoms with van der Waals surface area (Å²) in [4.78, 5) is 57.6. The molecule has 0 fully saturated rings. The molecule has 2 aromatic heterocycles. The third-order valence-corrected chi connectivity index (χ3v) is 6.06. The van der Waals surface area contributed by atoms with E-state index in [1.807, 2.05) is 13.8 Å². The molecule has 0 saturated carbocycles. The Morgan fingerprint density at radius 1 is 0.605 bits per heavy atom. The van der Waals surface area contributed by atoms with Crippen LogP contribution < -0.4 is 9.68 Å². The first-order valence-corrected chi connectivity index (χ1v) is 13.7. The fourth-order valence-corrected chi connectivity index (χ4v) is 3.58. The minimum atomic E-state index is -0.844. The van der Waals surface area contributed by atoms with Crippen molar-refractivity contribution in [3.8, 4) is 23.5 Å². The molecule has 0 aromatic carbocycles. The maximum Gasteiger partial charge on any atom is 0.333 e. The first kappa shape index (κ1) is 34.8. The number of esters is 2. The van der Waals surface area contributed by atoms with E-state index in [0.29, 0.717) is 22.3 Å². The Balaban J connectivity index is 1.57. The molecule has 0 aliphatic carbocycles. The van der Waals surface area contributed by atoms with Gasteiger partial charge in [0, 0.05) is 62.8 Å². The number of nitrogens with zero attached hydrogens (tertiary/aromatic N) is 2. The number of carbonyl (C=O) groups excluding carboxylic acids is 4. The third-order valence-electron chi connectivity index (χ3n) is 6.06. The summed E-state index contributed by atoms with van der Waals surface area (Å²) < 4.78 is 17.8. The minimum Gasteiger partial charge on any atom is -0.492 e. The second-order valence-electron chi connectivity index (χ2n) is 10.9. The number of hydrogen-bond acceptors (Lipinski definition) is 13. The Morgan fingerprint density at radius 3 is 1.47 bits per heavy atom. The first-order chi connectivity index (χ1) is 20.1. The van der Waals surface area contributed by atoms with Crippen molar-refractivity contribution in [2.45, 2.75) is 90.3 Å². The Bertz CT molecular complexity index is 1210. The lowest BCUT2D eigenvalue weighted by atomic mass is 10.0. The van der Waals surface area contributed by atoms with Crippen molar-refractivity contribution in [1.82, 2.24) is 9.46 Å². The average molecular weight is 613 g/mol. The molecule has 0 atom stereocenters. The lowest BCUT2D eigenvalue weighted by Gasteiger charge is -2.29. The molecule has 15 heteroatoms. The van der Waals surface area contributed by atoms with E-state index in [-0.39, 0.29) is 51.7 Å². The van der Waals surface area contributed by atoms with Gasteiger partial charge in [-0.25, -0.2) is 9.59 Å². The number of rotatable bonds is 18. The summed E-state index contributed by atoms with van der Waals surface area (Å²) in [6.45, 7) is 7.46. The summed E-state index contributed by atoms with van der Waals surface area (Å²) in [6, 6.07) is 4.62. The normalized spacial score (nSPS) is 11.6. The summed E-state index contributed by atoms with van der Waals surface area (Å²) in [5.74, 6) is -4.25. The number of ether oxygens (including phenoxy) is 3. The highest BCUT2D eigenvalue weighted by molar-refractivity contribution is 5.73. The van der Waals surface area contributed by atoms with Crippen molar-refractivity contribution in [1.29, 1.82) is 0 Å². The van der Waals surface area contributed by atoms with Crippen LogP contribution in [0.3, 0.4) is 0 Å². The van der Waals surface area contributed by atoms with Crippen LogP contribution in [0.15, 0.2) is 24.3 Å². The van der Waals surface area contributed by atoms with Gasteiger partial charge >= 0.3 is 23.9 Å². The predicted octanol–water partition coefficient (Wildman–Crippen LogP) is 2.50. The van der Waals surface area contributed by atoms with Gasteiger partial charge in [-0.2, -0.15) is 0 Å². The summed E-state index contributed by atoms with van der Waals surface area (Å²) >= 11 is 0. The summed E-state index contributed by atoms with van der Waals surface area (Å²) in [6.07, 6.45) is 0.743. The molecule has 0 unspecified atom stereocenters. The fourth-order valence-electron chi connectivity index (χ4n) is 3.58. The van der Waals surface area contributed by atoms with Gasteiger partial charge in [0.05, 0.1) is 18.8 Å². The largest absolute Gasteiger partial charge is 0.492 e. The number of aromatic nitrogens is 2. The van der Waals surface area contributed by atoms with E-state index >= 15 is 0 Å². The standard InChI is InChI=1S/C28H40N2O13/c1-27(2,15-17-39-23(35)7-5-9-25(37)42-29-19(31)11-12-20(29)32)40-18-16-28(3,4)41-24(36)8-6-10-26(38)43-30-21(33)13-14-22(30)34/h11-14,31-34H,5-10,15-18H2,1-4H3. The molecule has 4 N–H and O–H groups in total. The van der Waals surface area contributed by atoms with E-state index < -0.39 is 58.6 Å². The minimum absolute atomic E-state index is 0.0267. The molecule has 43 heavy (non-hydrogen) atoms. The third kappa shape index (κ3) is 12.6. The van der Waals surface area contributed by atoms with Gasteiger partial charge in [-0.1, -0.05) is 0 Å². The molecule has 0 aliphatic rings. The Labute approximate surface area is 248 Å². The van der Waals surface area contributed by atoms with Crippen molar-refractivity contribution < 1.29 is 63.5 Å². The van der Waals surface area contributed by atoms with Crippen LogP contribution in [0.5, 0.6) is 23.5 Å². The number of hydrogen-bond donors (Lipinski definition) is 4. The van der Waals surface area contributed by atoms with Gasteiger partial charge in [-0.15, -0.1) is 9.46 Å². The first-order valence-electron chi connectivity index (χ1n) is 13.7. The number of carbonyl (C=O) groups is 4. The second-order valence-corrected chi connectivity index (χ2v) is 10.9. The zero-order valence-corrected chi connectivity index (χ0v) is 24.7. The van der Waals surface area contributed by atoms with Crippen LogP contribution in [0.2, 0.25) is 0 Å². The predicted molar refractivity (Wildman–Crippen MR) is 147 cm³/mol. The van der Waals surface area contributed by atoms with Crippen LogP contribution in [-0.4, -0.2) is 78.2 Å². The van der Waals surface area contributed by atoms with Gasteiger partial charge in [0.15, 0.2) is 0 Å². The van der Waals surface area contributed by atoms with Crippen LogP contribution in [0.1, 0.15) is 79.1 Å². The Morgan fingerprint density at radius 2 is 1.00 bits per heavy atom. The second kappa shape index (κ2) is 15.7. The van der Waals surface area contributed by atoms with Gasteiger partial charge in [-0.3, -0.25) is 9.59 Å². The molecule has 0 aliphatic heterocycles. The van der Waals surface area contributed by atoms with Crippen LogP contribution in [0.25, 0.3) is 0 Å². The maximum absolute atomic E-state index is 12.2. The molecule has 2 rings (SSSR count). The topological polar surface area (TPSA) is 205 Å². The molecule has 0 spiro atoms. The molecule has 2 heterocycles. The molecule has 2 aromatic rings. The highest BCUT2D eigenvalue weighted by Crippen LogP contribution is 2.22. The average Bonchev–Trinajstić information content (AvgIpc) is 3.38. The molecule has 15 nitrogen and oxygen atoms in total. The molecule has 240 valence electrons. The van der Waals surface area contributed by atoms with Gasteiger partial charge in [-0.05, 0) is 40.5 Å². The smallest absolute Gasteiger partial charge is 0.333 e. The zero-order chi connectivity index (χ0) is 32.2. The highest BCUT2D eigenvalue weighted by atomic mass is 16.7. The Hall–Kier alpha value is -4.40. The SMILES string of the molecule is CC(C)(CCOC(=O)CCCC(=O)On1c(O)ccc1O)OCCC(C)(C)OC(=O)CCCC(=O)On1c(O)ccc1O. The van der Waals surface area contributed by atoms with E-state index in [4.69, 9.17) is 23.9 Å². The molecular formula is C28H40N2O13. The summed E-state index contributed by atoms with van der Waals surface area (Å²) in [5.41, 5.74) is -1.49.